The largest absolute Gasteiger partial charge is 0.478 e. The lowest BCUT2D eigenvalue weighted by Gasteiger charge is -2.06. The highest BCUT2D eigenvalue weighted by Crippen LogP contribution is 2.22. The zero-order valence-electron chi connectivity index (χ0n) is 10.1. The molecule has 0 saturated heterocycles. The van der Waals surface area contributed by atoms with Crippen LogP contribution in [-0.2, 0) is 10.0 Å². The van der Waals surface area contributed by atoms with Gasteiger partial charge in [-0.2, -0.15) is 4.98 Å². The van der Waals surface area contributed by atoms with E-state index in [1.54, 1.807) is 6.92 Å². The van der Waals surface area contributed by atoms with E-state index in [-0.39, 0.29) is 21.5 Å². The molecular formula is C11H9ClN2O5S. The van der Waals surface area contributed by atoms with E-state index in [9.17, 15) is 13.2 Å². The maximum Gasteiger partial charge on any atom is 0.337 e. The first-order chi connectivity index (χ1) is 9.29. The summed E-state index contributed by atoms with van der Waals surface area (Å²) in [6.07, 6.45) is 1.28. The number of anilines is 1. The highest BCUT2D eigenvalue weighted by Gasteiger charge is 2.20. The predicted molar refractivity (Wildman–Crippen MR) is 70.5 cm³/mol. The number of hydrogen-bond acceptors (Lipinski definition) is 5. The molecule has 1 aromatic carbocycles. The van der Waals surface area contributed by atoms with Crippen LogP contribution in [0.4, 0.5) is 6.01 Å². The molecule has 0 aliphatic heterocycles. The average Bonchev–Trinajstić information content (AvgIpc) is 2.73. The van der Waals surface area contributed by atoms with E-state index in [1.165, 1.54) is 18.4 Å². The number of rotatable bonds is 4. The van der Waals surface area contributed by atoms with E-state index in [2.05, 4.69) is 9.71 Å². The van der Waals surface area contributed by atoms with Crippen LogP contribution in [0.5, 0.6) is 0 Å². The zero-order valence-corrected chi connectivity index (χ0v) is 11.7. The molecule has 0 amide bonds. The second-order valence-corrected chi connectivity index (χ2v) is 5.94. The Morgan fingerprint density at radius 1 is 1.45 bits per heavy atom. The molecule has 0 bridgehead atoms. The number of oxazole rings is 1. The van der Waals surface area contributed by atoms with E-state index < -0.39 is 16.0 Å². The smallest absolute Gasteiger partial charge is 0.337 e. The van der Waals surface area contributed by atoms with Gasteiger partial charge in [-0.3, -0.25) is 0 Å². The first-order valence-electron chi connectivity index (χ1n) is 5.27. The Bertz CT molecular complexity index is 769. The van der Waals surface area contributed by atoms with Crippen LogP contribution in [0.3, 0.4) is 0 Å². The average molecular weight is 317 g/mol. The van der Waals surface area contributed by atoms with Crippen LogP contribution in [0, 0.1) is 6.92 Å². The summed E-state index contributed by atoms with van der Waals surface area (Å²) in [6.45, 7) is 1.63. The van der Waals surface area contributed by atoms with Crippen LogP contribution in [0.1, 0.15) is 16.1 Å². The first-order valence-corrected chi connectivity index (χ1v) is 7.13. The lowest BCUT2D eigenvalue weighted by atomic mass is 10.2. The van der Waals surface area contributed by atoms with E-state index >= 15 is 0 Å². The topological polar surface area (TPSA) is 110 Å². The van der Waals surface area contributed by atoms with Crippen LogP contribution < -0.4 is 4.72 Å². The summed E-state index contributed by atoms with van der Waals surface area (Å²) in [6, 6.07) is 3.14. The standard InChI is InChI=1S/C11H9ClN2O5S/c1-6-5-19-11(13-6)14-20(17,18)7-2-3-9(12)8(4-7)10(15)16/h2-5H,1H3,(H,13,14)(H,15,16). The van der Waals surface area contributed by atoms with Crippen LogP contribution in [0.15, 0.2) is 33.8 Å². The maximum atomic E-state index is 12.0. The van der Waals surface area contributed by atoms with E-state index in [0.29, 0.717) is 5.69 Å². The Morgan fingerprint density at radius 3 is 2.70 bits per heavy atom. The molecule has 0 aliphatic rings. The molecule has 0 radical (unpaired) electrons. The number of aromatic nitrogens is 1. The molecule has 106 valence electrons. The summed E-state index contributed by atoms with van der Waals surface area (Å²) in [4.78, 5) is 14.5. The highest BCUT2D eigenvalue weighted by atomic mass is 35.5. The fraction of sp³-hybridized carbons (Fsp3) is 0.0909. The predicted octanol–water partition coefficient (Wildman–Crippen LogP) is 2.14. The highest BCUT2D eigenvalue weighted by molar-refractivity contribution is 7.92. The number of aryl methyl sites for hydroxylation is 1. The van der Waals surface area contributed by atoms with Gasteiger partial charge in [0, 0.05) is 0 Å². The Morgan fingerprint density at radius 2 is 2.15 bits per heavy atom. The van der Waals surface area contributed by atoms with Crippen molar-refractivity contribution in [2.45, 2.75) is 11.8 Å². The zero-order chi connectivity index (χ0) is 14.9. The Balaban J connectivity index is 2.39. The number of carboxylic acid groups (broad SMARTS) is 1. The van der Waals surface area contributed by atoms with Crippen molar-refractivity contribution in [2.24, 2.45) is 0 Å². The number of nitrogens with zero attached hydrogens (tertiary/aromatic N) is 1. The van der Waals surface area contributed by atoms with Gasteiger partial charge in [0.05, 0.1) is 21.2 Å². The van der Waals surface area contributed by atoms with Crippen molar-refractivity contribution in [2.75, 3.05) is 4.72 Å². The van der Waals surface area contributed by atoms with Gasteiger partial charge in [-0.05, 0) is 25.1 Å². The van der Waals surface area contributed by atoms with Gasteiger partial charge >= 0.3 is 12.0 Å². The molecule has 0 fully saturated rings. The minimum absolute atomic E-state index is 0.0524. The molecular weight excluding hydrogens is 308 g/mol. The molecule has 2 rings (SSSR count). The number of aromatic carboxylic acids is 1. The molecule has 2 aromatic rings. The van der Waals surface area contributed by atoms with E-state index in [0.717, 1.165) is 6.07 Å². The summed E-state index contributed by atoms with van der Waals surface area (Å²) in [5, 5.41) is 8.87. The van der Waals surface area contributed by atoms with Gasteiger partial charge in [-0.1, -0.05) is 11.6 Å². The summed E-state index contributed by atoms with van der Waals surface area (Å²) < 4.78 is 31.1. The van der Waals surface area contributed by atoms with Gasteiger partial charge in [0.2, 0.25) is 0 Å². The van der Waals surface area contributed by atoms with Gasteiger partial charge in [0.25, 0.3) is 10.0 Å². The first kappa shape index (κ1) is 14.4. The van der Waals surface area contributed by atoms with Crippen molar-refractivity contribution < 1.29 is 22.7 Å². The van der Waals surface area contributed by atoms with Gasteiger partial charge in [0.15, 0.2) is 0 Å². The van der Waals surface area contributed by atoms with Crippen molar-refractivity contribution in [1.29, 1.82) is 0 Å². The lowest BCUT2D eigenvalue weighted by molar-refractivity contribution is 0.0697. The number of nitrogens with one attached hydrogen (secondary N) is 1. The number of benzene rings is 1. The molecule has 0 spiro atoms. The van der Waals surface area contributed by atoms with Gasteiger partial charge < -0.3 is 9.52 Å². The van der Waals surface area contributed by atoms with Crippen molar-refractivity contribution in [3.63, 3.8) is 0 Å². The number of hydrogen-bond donors (Lipinski definition) is 2. The maximum absolute atomic E-state index is 12.0. The molecule has 0 aliphatic carbocycles. The third-order valence-electron chi connectivity index (χ3n) is 2.32. The monoisotopic (exact) mass is 316 g/mol. The van der Waals surface area contributed by atoms with Crippen molar-refractivity contribution in [3.05, 3.63) is 40.7 Å². The van der Waals surface area contributed by atoms with Crippen LogP contribution in [-0.4, -0.2) is 24.5 Å². The normalized spacial score (nSPS) is 11.3. The fourth-order valence-electron chi connectivity index (χ4n) is 1.41. The molecule has 1 aromatic heterocycles. The van der Waals surface area contributed by atoms with Gasteiger partial charge in [-0.25, -0.2) is 17.9 Å². The Hall–Kier alpha value is -2.06. The summed E-state index contributed by atoms with van der Waals surface area (Å²) in [5.74, 6) is -1.32. The summed E-state index contributed by atoms with van der Waals surface area (Å²) in [7, 11) is -4.00. The second-order valence-electron chi connectivity index (χ2n) is 3.85. The Kier molecular flexibility index (Phi) is 3.69. The van der Waals surface area contributed by atoms with E-state index in [4.69, 9.17) is 21.1 Å². The Labute approximate surface area is 119 Å². The van der Waals surface area contributed by atoms with Gasteiger partial charge in [-0.15, -0.1) is 0 Å². The molecule has 1 heterocycles. The number of sulfonamides is 1. The van der Waals surface area contributed by atoms with E-state index in [1.807, 2.05) is 0 Å². The molecule has 9 heteroatoms. The van der Waals surface area contributed by atoms with Crippen molar-refractivity contribution >= 4 is 33.6 Å². The molecule has 2 N–H and O–H groups in total. The molecule has 20 heavy (non-hydrogen) atoms. The molecule has 0 atom stereocenters. The third kappa shape index (κ3) is 2.91. The summed E-state index contributed by atoms with van der Waals surface area (Å²) in [5.41, 5.74) is 0.197. The second kappa shape index (κ2) is 5.14. The number of halogens is 1. The molecule has 0 unspecified atom stereocenters. The third-order valence-corrected chi connectivity index (χ3v) is 3.97. The van der Waals surface area contributed by atoms with Crippen molar-refractivity contribution in [1.82, 2.24) is 4.98 Å². The van der Waals surface area contributed by atoms with Crippen LogP contribution >= 0.6 is 11.6 Å². The minimum Gasteiger partial charge on any atom is -0.478 e. The fourth-order valence-corrected chi connectivity index (χ4v) is 2.57. The molecule has 7 nitrogen and oxygen atoms in total. The lowest BCUT2D eigenvalue weighted by Crippen LogP contribution is -2.14. The van der Waals surface area contributed by atoms with Crippen LogP contribution in [0.25, 0.3) is 0 Å². The van der Waals surface area contributed by atoms with Crippen LogP contribution in [0.2, 0.25) is 5.02 Å². The quantitative estimate of drug-likeness (QED) is 0.894. The SMILES string of the molecule is Cc1coc(NS(=O)(=O)c2ccc(Cl)c(C(=O)O)c2)n1. The minimum atomic E-state index is -4.00. The summed E-state index contributed by atoms with van der Waals surface area (Å²) >= 11 is 5.68. The molecule has 0 saturated carbocycles. The van der Waals surface area contributed by atoms with Gasteiger partial charge in [0.1, 0.15) is 6.26 Å². The number of carboxylic acids is 1. The number of carbonyl (C=O) groups is 1. The van der Waals surface area contributed by atoms with Crippen molar-refractivity contribution in [3.8, 4) is 0 Å².